The standard InChI is InChI=1S/C19H20N2O4/c1-5-25-18(22)15-11-21(3)12(2)16(19(23)24-4)17(15)14-8-6-7-13(9-14)10-20/h6-9,11,17H,5H2,1-4H3. The zero-order chi connectivity index (χ0) is 18.6. The number of esters is 2. The maximum absolute atomic E-state index is 12.5. The summed E-state index contributed by atoms with van der Waals surface area (Å²) in [6.45, 7) is 3.73. The molecule has 0 spiro atoms. The molecule has 0 amide bonds. The lowest BCUT2D eigenvalue weighted by molar-refractivity contribution is -0.139. The number of rotatable bonds is 4. The first-order valence-corrected chi connectivity index (χ1v) is 7.85. The number of hydrogen-bond donors (Lipinski definition) is 0. The van der Waals surface area contributed by atoms with Gasteiger partial charge in [0.15, 0.2) is 0 Å². The van der Waals surface area contributed by atoms with Gasteiger partial charge in [0, 0.05) is 18.9 Å². The number of nitriles is 1. The third kappa shape index (κ3) is 3.56. The minimum Gasteiger partial charge on any atom is -0.466 e. The van der Waals surface area contributed by atoms with Gasteiger partial charge in [-0.25, -0.2) is 9.59 Å². The maximum atomic E-state index is 12.5. The number of methoxy groups -OCH3 is 1. The van der Waals surface area contributed by atoms with E-state index in [2.05, 4.69) is 6.07 Å². The van der Waals surface area contributed by atoms with Gasteiger partial charge in [0.05, 0.1) is 42.4 Å². The molecule has 1 aliphatic heterocycles. The molecule has 0 N–H and O–H groups in total. The van der Waals surface area contributed by atoms with Crippen LogP contribution in [0.4, 0.5) is 0 Å². The van der Waals surface area contributed by atoms with Crippen LogP contribution in [0.5, 0.6) is 0 Å². The van der Waals surface area contributed by atoms with Crippen LogP contribution in [0.25, 0.3) is 0 Å². The number of carbonyl (C=O) groups is 2. The predicted molar refractivity (Wildman–Crippen MR) is 91.1 cm³/mol. The fraction of sp³-hybridized carbons (Fsp3) is 0.316. The van der Waals surface area contributed by atoms with E-state index in [1.165, 1.54) is 7.11 Å². The summed E-state index contributed by atoms with van der Waals surface area (Å²) < 4.78 is 10.1. The molecule has 130 valence electrons. The first-order chi connectivity index (χ1) is 11.9. The normalized spacial score (nSPS) is 16.8. The van der Waals surface area contributed by atoms with Crippen molar-refractivity contribution in [2.45, 2.75) is 19.8 Å². The van der Waals surface area contributed by atoms with Crippen molar-refractivity contribution in [1.29, 1.82) is 5.26 Å². The van der Waals surface area contributed by atoms with E-state index in [1.807, 2.05) is 0 Å². The monoisotopic (exact) mass is 340 g/mol. The molecule has 1 unspecified atom stereocenters. The van der Waals surface area contributed by atoms with E-state index in [0.717, 1.165) is 0 Å². The van der Waals surface area contributed by atoms with Gasteiger partial charge in [-0.1, -0.05) is 12.1 Å². The summed E-state index contributed by atoms with van der Waals surface area (Å²) in [6, 6.07) is 8.91. The smallest absolute Gasteiger partial charge is 0.336 e. The molecule has 1 aliphatic rings. The largest absolute Gasteiger partial charge is 0.466 e. The van der Waals surface area contributed by atoms with Crippen LogP contribution in [0.3, 0.4) is 0 Å². The molecule has 1 atom stereocenters. The van der Waals surface area contributed by atoms with Gasteiger partial charge < -0.3 is 14.4 Å². The highest BCUT2D eigenvalue weighted by Gasteiger charge is 2.37. The van der Waals surface area contributed by atoms with Gasteiger partial charge in [-0.3, -0.25) is 0 Å². The SMILES string of the molecule is CCOC(=O)C1=CN(C)C(C)=C(C(=O)OC)C1c1cccc(C#N)c1. The van der Waals surface area contributed by atoms with E-state index in [1.54, 1.807) is 56.3 Å². The van der Waals surface area contributed by atoms with E-state index in [0.29, 0.717) is 28.0 Å². The van der Waals surface area contributed by atoms with Crippen LogP contribution in [0.1, 0.15) is 30.9 Å². The van der Waals surface area contributed by atoms with Crippen LogP contribution >= 0.6 is 0 Å². The molecule has 0 saturated carbocycles. The Bertz CT molecular complexity index is 802. The number of ether oxygens (including phenoxy) is 2. The van der Waals surface area contributed by atoms with Crippen molar-refractivity contribution in [3.8, 4) is 6.07 Å². The van der Waals surface area contributed by atoms with Crippen molar-refractivity contribution < 1.29 is 19.1 Å². The predicted octanol–water partition coefficient (Wildman–Crippen LogP) is 2.48. The average molecular weight is 340 g/mol. The molecule has 25 heavy (non-hydrogen) atoms. The van der Waals surface area contributed by atoms with Crippen LogP contribution in [0, 0.1) is 11.3 Å². The molecule has 0 fully saturated rings. The number of allylic oxidation sites excluding steroid dienone is 1. The van der Waals surface area contributed by atoms with Crippen molar-refractivity contribution in [1.82, 2.24) is 4.90 Å². The minimum atomic E-state index is -0.656. The van der Waals surface area contributed by atoms with Crippen LogP contribution in [0.15, 0.2) is 47.3 Å². The van der Waals surface area contributed by atoms with E-state index in [4.69, 9.17) is 14.7 Å². The molecule has 6 nitrogen and oxygen atoms in total. The molecule has 1 heterocycles. The van der Waals surface area contributed by atoms with Gasteiger partial charge in [0.25, 0.3) is 0 Å². The van der Waals surface area contributed by atoms with Gasteiger partial charge in [0.2, 0.25) is 0 Å². The van der Waals surface area contributed by atoms with Gasteiger partial charge in [-0.15, -0.1) is 0 Å². The molecule has 0 saturated heterocycles. The zero-order valence-electron chi connectivity index (χ0n) is 14.7. The molecular formula is C19H20N2O4. The summed E-state index contributed by atoms with van der Waals surface area (Å²) >= 11 is 0. The quantitative estimate of drug-likeness (QED) is 0.784. The minimum absolute atomic E-state index is 0.223. The van der Waals surface area contributed by atoms with Gasteiger partial charge in [0.1, 0.15) is 0 Å². The highest BCUT2D eigenvalue weighted by atomic mass is 16.5. The lowest BCUT2D eigenvalue weighted by Gasteiger charge is -2.32. The summed E-state index contributed by atoms with van der Waals surface area (Å²) in [7, 11) is 3.05. The van der Waals surface area contributed by atoms with Crippen molar-refractivity contribution in [2.24, 2.45) is 0 Å². The van der Waals surface area contributed by atoms with Gasteiger partial charge >= 0.3 is 11.9 Å². The Kier molecular flexibility index (Phi) is 5.60. The topological polar surface area (TPSA) is 79.6 Å². The second-order valence-electron chi connectivity index (χ2n) is 5.58. The van der Waals surface area contributed by atoms with Crippen molar-refractivity contribution in [3.63, 3.8) is 0 Å². The summed E-state index contributed by atoms with van der Waals surface area (Å²) in [4.78, 5) is 26.6. The average Bonchev–Trinajstić information content (AvgIpc) is 2.62. The molecule has 0 aliphatic carbocycles. The van der Waals surface area contributed by atoms with Crippen LogP contribution in [0.2, 0.25) is 0 Å². The molecule has 2 rings (SSSR count). The third-order valence-electron chi connectivity index (χ3n) is 4.12. The van der Waals surface area contributed by atoms with Gasteiger partial charge in [-0.2, -0.15) is 5.26 Å². The number of hydrogen-bond acceptors (Lipinski definition) is 6. The Morgan fingerprint density at radius 3 is 2.64 bits per heavy atom. The van der Waals surface area contributed by atoms with E-state index < -0.39 is 17.9 Å². The number of carbonyl (C=O) groups excluding carboxylic acids is 2. The second-order valence-corrected chi connectivity index (χ2v) is 5.58. The Balaban J connectivity index is 2.67. The lowest BCUT2D eigenvalue weighted by atomic mass is 9.81. The van der Waals surface area contributed by atoms with Crippen LogP contribution in [-0.2, 0) is 19.1 Å². The lowest BCUT2D eigenvalue weighted by Crippen LogP contribution is -2.30. The molecule has 1 aromatic rings. The second kappa shape index (κ2) is 7.67. The van der Waals surface area contributed by atoms with Crippen LogP contribution < -0.4 is 0 Å². The first-order valence-electron chi connectivity index (χ1n) is 7.85. The Morgan fingerprint density at radius 2 is 2.04 bits per heavy atom. The van der Waals surface area contributed by atoms with Crippen LogP contribution in [-0.4, -0.2) is 37.6 Å². The molecule has 6 heteroatoms. The van der Waals surface area contributed by atoms with E-state index in [9.17, 15) is 9.59 Å². The maximum Gasteiger partial charge on any atom is 0.336 e. The zero-order valence-corrected chi connectivity index (χ0v) is 14.7. The van der Waals surface area contributed by atoms with Crippen molar-refractivity contribution in [3.05, 3.63) is 58.4 Å². The Hall–Kier alpha value is -3.07. The van der Waals surface area contributed by atoms with Crippen molar-refractivity contribution in [2.75, 3.05) is 20.8 Å². The van der Waals surface area contributed by atoms with E-state index in [-0.39, 0.29) is 6.61 Å². The molecule has 0 aromatic heterocycles. The third-order valence-corrected chi connectivity index (χ3v) is 4.12. The summed E-state index contributed by atoms with van der Waals surface area (Å²) in [5.74, 6) is -1.68. The highest BCUT2D eigenvalue weighted by molar-refractivity contribution is 5.99. The fourth-order valence-electron chi connectivity index (χ4n) is 2.83. The highest BCUT2D eigenvalue weighted by Crippen LogP contribution is 2.39. The summed E-state index contributed by atoms with van der Waals surface area (Å²) in [5.41, 5.74) is 2.45. The Labute approximate surface area is 146 Å². The molecule has 1 aromatic carbocycles. The van der Waals surface area contributed by atoms with Crippen molar-refractivity contribution >= 4 is 11.9 Å². The molecule has 0 radical (unpaired) electrons. The molecular weight excluding hydrogens is 320 g/mol. The van der Waals surface area contributed by atoms with Gasteiger partial charge in [-0.05, 0) is 31.5 Å². The summed E-state index contributed by atoms with van der Waals surface area (Å²) in [6.07, 6.45) is 1.66. The first kappa shape index (κ1) is 18.3. The number of benzene rings is 1. The fourth-order valence-corrected chi connectivity index (χ4v) is 2.83. The Morgan fingerprint density at radius 1 is 1.32 bits per heavy atom. The number of nitrogens with zero attached hydrogens (tertiary/aromatic N) is 2. The molecule has 0 bridgehead atoms. The summed E-state index contributed by atoms with van der Waals surface area (Å²) in [5, 5.41) is 9.17. The van der Waals surface area contributed by atoms with E-state index >= 15 is 0 Å².